The third-order valence-electron chi connectivity index (χ3n) is 1.97. The summed E-state index contributed by atoms with van der Waals surface area (Å²) >= 11 is 0. The summed E-state index contributed by atoms with van der Waals surface area (Å²) in [7, 11) is 0. The highest BCUT2D eigenvalue weighted by Gasteiger charge is 2.09. The first-order chi connectivity index (χ1) is 6.74. The predicted molar refractivity (Wildman–Crippen MR) is 53.7 cm³/mol. The molecule has 0 aliphatic carbocycles. The summed E-state index contributed by atoms with van der Waals surface area (Å²) in [6.07, 6.45) is 5.14. The van der Waals surface area contributed by atoms with Gasteiger partial charge in [-0.05, 0) is 12.1 Å². The maximum absolute atomic E-state index is 11.3. The lowest BCUT2D eigenvalue weighted by atomic mass is 10.3. The third-order valence-corrected chi connectivity index (χ3v) is 1.97. The SMILES string of the molecule is C#CCn1c(=O)oc2cccc(N)c21. The minimum atomic E-state index is -0.476. The third kappa shape index (κ3) is 1.07. The van der Waals surface area contributed by atoms with Crippen LogP contribution in [0.1, 0.15) is 0 Å². The maximum Gasteiger partial charge on any atom is 0.420 e. The maximum atomic E-state index is 11.3. The molecule has 70 valence electrons. The molecule has 0 bridgehead atoms. The molecule has 0 saturated carbocycles. The zero-order valence-electron chi connectivity index (χ0n) is 7.36. The molecule has 0 amide bonds. The van der Waals surface area contributed by atoms with Crippen molar-refractivity contribution in [1.82, 2.24) is 4.57 Å². The largest absolute Gasteiger partial charge is 0.420 e. The average Bonchev–Trinajstić information content (AvgIpc) is 2.45. The van der Waals surface area contributed by atoms with E-state index in [2.05, 4.69) is 5.92 Å². The number of para-hydroxylation sites is 1. The van der Waals surface area contributed by atoms with Gasteiger partial charge < -0.3 is 10.2 Å². The average molecular weight is 188 g/mol. The Hall–Kier alpha value is -2.15. The number of oxazole rings is 1. The molecular formula is C10H8N2O2. The van der Waals surface area contributed by atoms with Gasteiger partial charge in [0.05, 0.1) is 12.2 Å². The number of anilines is 1. The zero-order chi connectivity index (χ0) is 10.1. The second-order valence-electron chi connectivity index (χ2n) is 2.85. The van der Waals surface area contributed by atoms with E-state index in [0.29, 0.717) is 16.8 Å². The number of hydrogen-bond acceptors (Lipinski definition) is 3. The van der Waals surface area contributed by atoms with Gasteiger partial charge in [0.25, 0.3) is 0 Å². The van der Waals surface area contributed by atoms with Crippen LogP contribution in [-0.4, -0.2) is 4.57 Å². The Morgan fingerprint density at radius 3 is 3.07 bits per heavy atom. The van der Waals surface area contributed by atoms with Crippen molar-refractivity contribution in [2.24, 2.45) is 0 Å². The fourth-order valence-corrected chi connectivity index (χ4v) is 1.39. The number of nitrogen functional groups attached to an aromatic ring is 1. The van der Waals surface area contributed by atoms with Crippen molar-refractivity contribution < 1.29 is 4.42 Å². The van der Waals surface area contributed by atoms with Gasteiger partial charge >= 0.3 is 5.76 Å². The van der Waals surface area contributed by atoms with Crippen LogP contribution in [0.5, 0.6) is 0 Å². The van der Waals surface area contributed by atoms with Gasteiger partial charge in [-0.1, -0.05) is 12.0 Å². The van der Waals surface area contributed by atoms with Crippen LogP contribution < -0.4 is 11.5 Å². The van der Waals surface area contributed by atoms with Gasteiger partial charge in [0.15, 0.2) is 5.58 Å². The Morgan fingerprint density at radius 2 is 2.36 bits per heavy atom. The summed E-state index contributed by atoms with van der Waals surface area (Å²) in [5.41, 5.74) is 7.23. The Balaban J connectivity index is 2.88. The number of nitrogens with zero attached hydrogens (tertiary/aromatic N) is 1. The van der Waals surface area contributed by atoms with Crippen molar-refractivity contribution in [3.05, 3.63) is 28.7 Å². The van der Waals surface area contributed by atoms with Crippen LogP contribution in [-0.2, 0) is 6.54 Å². The van der Waals surface area contributed by atoms with E-state index >= 15 is 0 Å². The van der Waals surface area contributed by atoms with Crippen LogP contribution >= 0.6 is 0 Å². The van der Waals surface area contributed by atoms with Crippen molar-refractivity contribution in [3.63, 3.8) is 0 Å². The van der Waals surface area contributed by atoms with E-state index < -0.39 is 5.76 Å². The number of benzene rings is 1. The fraction of sp³-hybridized carbons (Fsp3) is 0.100. The van der Waals surface area contributed by atoms with Crippen LogP contribution in [0.2, 0.25) is 0 Å². The second kappa shape index (κ2) is 2.96. The van der Waals surface area contributed by atoms with Gasteiger partial charge in [0, 0.05) is 0 Å². The van der Waals surface area contributed by atoms with E-state index in [1.54, 1.807) is 18.2 Å². The van der Waals surface area contributed by atoms with Crippen LogP contribution in [0.15, 0.2) is 27.4 Å². The molecule has 2 N–H and O–H groups in total. The highest BCUT2D eigenvalue weighted by molar-refractivity contribution is 5.85. The number of terminal acetylenes is 1. The molecule has 14 heavy (non-hydrogen) atoms. The predicted octanol–water partition coefficient (Wildman–Crippen LogP) is 0.810. The van der Waals surface area contributed by atoms with Gasteiger partial charge in [-0.2, -0.15) is 0 Å². The molecule has 0 atom stereocenters. The first-order valence-corrected chi connectivity index (χ1v) is 4.05. The van der Waals surface area contributed by atoms with E-state index in [-0.39, 0.29) is 6.54 Å². The highest BCUT2D eigenvalue weighted by atomic mass is 16.4. The molecule has 0 aliphatic rings. The molecule has 1 aromatic carbocycles. The summed E-state index contributed by atoms with van der Waals surface area (Å²) in [5, 5.41) is 0. The normalized spacial score (nSPS) is 10.2. The number of rotatable bonds is 1. The summed E-state index contributed by atoms with van der Waals surface area (Å²) in [6.45, 7) is 0.167. The first kappa shape index (κ1) is 8.45. The Bertz CT molecular complexity index is 572. The van der Waals surface area contributed by atoms with Gasteiger partial charge in [-0.3, -0.25) is 4.57 Å². The number of aromatic nitrogens is 1. The molecule has 0 saturated heterocycles. The number of fused-ring (bicyclic) bond motifs is 1. The topological polar surface area (TPSA) is 61.2 Å². The van der Waals surface area contributed by atoms with E-state index in [4.69, 9.17) is 16.6 Å². The van der Waals surface area contributed by atoms with Gasteiger partial charge in [0.1, 0.15) is 5.52 Å². The molecule has 0 spiro atoms. The molecule has 4 heteroatoms. The molecule has 0 unspecified atom stereocenters. The van der Waals surface area contributed by atoms with Gasteiger partial charge in [0.2, 0.25) is 0 Å². The summed E-state index contributed by atoms with van der Waals surface area (Å²) in [4.78, 5) is 11.3. The molecule has 1 aromatic heterocycles. The van der Waals surface area contributed by atoms with Crippen LogP contribution in [0.4, 0.5) is 5.69 Å². The van der Waals surface area contributed by atoms with Crippen molar-refractivity contribution in [1.29, 1.82) is 0 Å². The van der Waals surface area contributed by atoms with Crippen molar-refractivity contribution in [2.75, 3.05) is 5.73 Å². The minimum absolute atomic E-state index is 0.167. The fourth-order valence-electron chi connectivity index (χ4n) is 1.39. The molecule has 0 fully saturated rings. The van der Waals surface area contributed by atoms with Crippen LogP contribution in [0, 0.1) is 12.3 Å². The van der Waals surface area contributed by atoms with Gasteiger partial charge in [-0.25, -0.2) is 4.79 Å². The molecular weight excluding hydrogens is 180 g/mol. The molecule has 2 aromatic rings. The van der Waals surface area contributed by atoms with E-state index in [9.17, 15) is 4.79 Å². The highest BCUT2D eigenvalue weighted by Crippen LogP contribution is 2.19. The van der Waals surface area contributed by atoms with Crippen molar-refractivity contribution >= 4 is 16.8 Å². The quantitative estimate of drug-likeness (QED) is 0.532. The molecule has 2 rings (SSSR count). The van der Waals surface area contributed by atoms with E-state index in [1.807, 2.05) is 0 Å². The lowest BCUT2D eigenvalue weighted by Gasteiger charge is -1.98. The van der Waals surface area contributed by atoms with Crippen LogP contribution in [0.3, 0.4) is 0 Å². The lowest BCUT2D eigenvalue weighted by Crippen LogP contribution is -2.13. The Labute approximate surface area is 79.9 Å². The lowest BCUT2D eigenvalue weighted by molar-refractivity contribution is 0.521. The van der Waals surface area contributed by atoms with Crippen molar-refractivity contribution in [3.8, 4) is 12.3 Å². The Morgan fingerprint density at radius 1 is 1.57 bits per heavy atom. The second-order valence-corrected chi connectivity index (χ2v) is 2.85. The smallest absolute Gasteiger partial charge is 0.408 e. The monoisotopic (exact) mass is 188 g/mol. The number of hydrogen-bond donors (Lipinski definition) is 1. The van der Waals surface area contributed by atoms with Crippen LogP contribution in [0.25, 0.3) is 11.1 Å². The van der Waals surface area contributed by atoms with Crippen molar-refractivity contribution in [2.45, 2.75) is 6.54 Å². The summed E-state index contributed by atoms with van der Waals surface area (Å²) in [6, 6.07) is 5.10. The molecule has 1 heterocycles. The van der Waals surface area contributed by atoms with E-state index in [0.717, 1.165) is 0 Å². The first-order valence-electron chi connectivity index (χ1n) is 4.05. The standard InChI is InChI=1S/C10H8N2O2/c1-2-6-12-9-7(11)4-3-5-8(9)14-10(12)13/h1,3-5H,6,11H2. The molecule has 0 aliphatic heterocycles. The van der Waals surface area contributed by atoms with Gasteiger partial charge in [-0.15, -0.1) is 6.42 Å². The molecule has 4 nitrogen and oxygen atoms in total. The molecule has 0 radical (unpaired) electrons. The van der Waals surface area contributed by atoms with E-state index in [1.165, 1.54) is 4.57 Å². The zero-order valence-corrected chi connectivity index (χ0v) is 7.36. The summed E-state index contributed by atoms with van der Waals surface area (Å²) < 4.78 is 6.30. The Kier molecular flexibility index (Phi) is 1.79. The minimum Gasteiger partial charge on any atom is -0.408 e. The number of nitrogens with two attached hydrogens (primary N) is 1. The summed E-state index contributed by atoms with van der Waals surface area (Å²) in [5.74, 6) is 1.90.